The minimum atomic E-state index is -0.934. The summed E-state index contributed by atoms with van der Waals surface area (Å²) in [6.45, 7) is 6.81. The van der Waals surface area contributed by atoms with Crippen LogP contribution in [-0.4, -0.2) is 20.9 Å². The van der Waals surface area contributed by atoms with Crippen LogP contribution in [0.25, 0.3) is 11.4 Å². The Morgan fingerprint density at radius 2 is 1.86 bits per heavy atom. The summed E-state index contributed by atoms with van der Waals surface area (Å²) in [7, 11) is 0. The fourth-order valence-electron chi connectivity index (χ4n) is 2.76. The minimum absolute atomic E-state index is 0.106. The molecule has 2 atom stereocenters. The van der Waals surface area contributed by atoms with Gasteiger partial charge in [0.05, 0.1) is 12.6 Å². The van der Waals surface area contributed by atoms with Crippen LogP contribution in [0.5, 0.6) is 0 Å². The lowest BCUT2D eigenvalue weighted by Crippen LogP contribution is -2.29. The minimum Gasteiger partial charge on any atom is -0.321 e. The quantitative estimate of drug-likeness (QED) is 0.877. The van der Waals surface area contributed by atoms with Crippen molar-refractivity contribution in [2.75, 3.05) is 0 Å². The van der Waals surface area contributed by atoms with Crippen molar-refractivity contribution in [2.45, 2.75) is 51.4 Å². The van der Waals surface area contributed by atoms with Crippen LogP contribution in [0.3, 0.4) is 0 Å². The second-order valence-electron chi connectivity index (χ2n) is 6.76. The molecule has 21 heavy (non-hydrogen) atoms. The average Bonchev–Trinajstić information content (AvgIpc) is 2.82. The maximum atomic E-state index is 13.7. The van der Waals surface area contributed by atoms with Crippen molar-refractivity contribution in [3.05, 3.63) is 35.7 Å². The lowest BCUT2D eigenvalue weighted by molar-refractivity contribution is 0.231. The van der Waals surface area contributed by atoms with Gasteiger partial charge in [0.15, 0.2) is 5.82 Å². The van der Waals surface area contributed by atoms with Gasteiger partial charge in [-0.2, -0.15) is 0 Å². The van der Waals surface area contributed by atoms with Crippen LogP contribution < -0.4 is 5.73 Å². The van der Waals surface area contributed by atoms with E-state index in [1.54, 1.807) is 0 Å². The Balaban J connectivity index is 1.99. The molecule has 5 heteroatoms. The van der Waals surface area contributed by atoms with E-state index in [0.717, 1.165) is 5.56 Å². The molecule has 0 radical (unpaired) electrons. The number of alkyl halides is 1. The molecule has 4 nitrogen and oxygen atoms in total. The zero-order valence-electron chi connectivity index (χ0n) is 12.7. The topological polar surface area (TPSA) is 56.7 Å². The van der Waals surface area contributed by atoms with E-state index < -0.39 is 6.17 Å². The third-order valence-corrected chi connectivity index (χ3v) is 4.01. The van der Waals surface area contributed by atoms with Gasteiger partial charge in [0.25, 0.3) is 0 Å². The molecule has 2 unspecified atom stereocenters. The summed E-state index contributed by atoms with van der Waals surface area (Å²) >= 11 is 0. The van der Waals surface area contributed by atoms with Crippen LogP contribution in [-0.2, 0) is 12.0 Å². The molecule has 2 aromatic rings. The second kappa shape index (κ2) is 4.91. The number of benzene rings is 1. The Morgan fingerprint density at radius 3 is 2.48 bits per heavy atom. The van der Waals surface area contributed by atoms with E-state index in [-0.39, 0.29) is 18.0 Å². The van der Waals surface area contributed by atoms with Gasteiger partial charge in [0.2, 0.25) is 0 Å². The van der Waals surface area contributed by atoms with Crippen molar-refractivity contribution in [2.24, 2.45) is 5.73 Å². The van der Waals surface area contributed by atoms with Crippen LogP contribution in [0.1, 0.15) is 44.6 Å². The standard InChI is InChI=1S/C16H21FN4/c1-16(2,3)11-6-4-10(5-7-11)14-19-20-15-13(18)8-12(17)9-21(14)15/h4-7,12-13H,8-9,18H2,1-3H3. The summed E-state index contributed by atoms with van der Waals surface area (Å²) in [4.78, 5) is 0. The maximum absolute atomic E-state index is 13.7. The van der Waals surface area contributed by atoms with Gasteiger partial charge in [-0.1, -0.05) is 45.0 Å². The highest BCUT2D eigenvalue weighted by Gasteiger charge is 2.29. The molecule has 112 valence electrons. The Hall–Kier alpha value is -1.75. The number of hydrogen-bond acceptors (Lipinski definition) is 3. The summed E-state index contributed by atoms with van der Waals surface area (Å²) in [5, 5.41) is 8.35. The normalized spacial score (nSPS) is 22.1. The summed E-state index contributed by atoms with van der Waals surface area (Å²) in [6.07, 6.45) is -0.614. The van der Waals surface area contributed by atoms with Gasteiger partial charge in [-0.15, -0.1) is 10.2 Å². The molecule has 0 aliphatic carbocycles. The van der Waals surface area contributed by atoms with E-state index in [0.29, 0.717) is 18.1 Å². The number of aromatic nitrogens is 3. The highest BCUT2D eigenvalue weighted by Crippen LogP contribution is 2.30. The summed E-state index contributed by atoms with van der Waals surface area (Å²) in [5.74, 6) is 1.38. The number of rotatable bonds is 1. The first-order valence-corrected chi connectivity index (χ1v) is 7.30. The third kappa shape index (κ3) is 2.58. The molecule has 1 aromatic heterocycles. The first kappa shape index (κ1) is 14.2. The van der Waals surface area contributed by atoms with Gasteiger partial charge >= 0.3 is 0 Å². The molecule has 0 spiro atoms. The van der Waals surface area contributed by atoms with Gasteiger partial charge in [-0.05, 0) is 11.0 Å². The molecule has 0 saturated heterocycles. The van der Waals surface area contributed by atoms with E-state index in [9.17, 15) is 4.39 Å². The Morgan fingerprint density at radius 1 is 1.19 bits per heavy atom. The number of hydrogen-bond donors (Lipinski definition) is 1. The van der Waals surface area contributed by atoms with Crippen LogP contribution in [0.4, 0.5) is 4.39 Å². The van der Waals surface area contributed by atoms with Gasteiger partial charge < -0.3 is 10.3 Å². The first-order valence-electron chi connectivity index (χ1n) is 7.30. The van der Waals surface area contributed by atoms with Crippen molar-refractivity contribution in [1.29, 1.82) is 0 Å². The third-order valence-electron chi connectivity index (χ3n) is 4.01. The maximum Gasteiger partial charge on any atom is 0.164 e. The number of nitrogens with two attached hydrogens (primary N) is 1. The molecule has 3 rings (SSSR count). The van der Waals surface area contributed by atoms with Crippen LogP contribution >= 0.6 is 0 Å². The average molecular weight is 288 g/mol. The Kier molecular flexibility index (Phi) is 3.32. The largest absolute Gasteiger partial charge is 0.321 e. The van der Waals surface area contributed by atoms with Gasteiger partial charge in [-0.25, -0.2) is 4.39 Å². The lowest BCUT2D eigenvalue weighted by Gasteiger charge is -2.23. The zero-order valence-corrected chi connectivity index (χ0v) is 12.7. The van der Waals surface area contributed by atoms with E-state index in [1.807, 2.05) is 16.7 Å². The van der Waals surface area contributed by atoms with Gasteiger partial charge in [0.1, 0.15) is 12.0 Å². The number of nitrogens with zero attached hydrogens (tertiary/aromatic N) is 3. The number of halogens is 1. The van der Waals surface area contributed by atoms with Crippen LogP contribution in [0, 0.1) is 0 Å². The van der Waals surface area contributed by atoms with Crippen LogP contribution in [0.15, 0.2) is 24.3 Å². The molecule has 0 saturated carbocycles. The molecule has 2 N–H and O–H groups in total. The highest BCUT2D eigenvalue weighted by molar-refractivity contribution is 5.56. The molecule has 0 amide bonds. The molecule has 1 aromatic carbocycles. The SMILES string of the molecule is CC(C)(C)c1ccc(-c2nnc3n2CC(F)CC3N)cc1. The molecule has 1 aliphatic heterocycles. The lowest BCUT2D eigenvalue weighted by atomic mass is 9.86. The van der Waals surface area contributed by atoms with Crippen molar-refractivity contribution < 1.29 is 4.39 Å². The first-order chi connectivity index (χ1) is 9.86. The Labute approximate surface area is 124 Å². The van der Waals surface area contributed by atoms with Gasteiger partial charge in [0, 0.05) is 12.0 Å². The molecule has 0 bridgehead atoms. The Bertz CT molecular complexity index is 639. The van der Waals surface area contributed by atoms with E-state index in [1.165, 1.54) is 5.56 Å². The smallest absolute Gasteiger partial charge is 0.164 e. The summed E-state index contributed by atoms with van der Waals surface area (Å²) in [6, 6.07) is 7.85. The van der Waals surface area contributed by atoms with E-state index in [4.69, 9.17) is 5.73 Å². The molecule has 0 fully saturated rings. The van der Waals surface area contributed by atoms with Crippen molar-refractivity contribution in [3.63, 3.8) is 0 Å². The van der Waals surface area contributed by atoms with E-state index >= 15 is 0 Å². The van der Waals surface area contributed by atoms with Gasteiger partial charge in [-0.3, -0.25) is 0 Å². The van der Waals surface area contributed by atoms with E-state index in [2.05, 4.69) is 43.1 Å². The molecular formula is C16H21FN4. The van der Waals surface area contributed by atoms with Crippen molar-refractivity contribution in [3.8, 4) is 11.4 Å². The number of fused-ring (bicyclic) bond motifs is 1. The predicted octanol–water partition coefficient (Wildman–Crippen LogP) is 2.98. The summed E-state index contributed by atoms with van der Waals surface area (Å²) in [5.41, 5.74) is 8.25. The van der Waals surface area contributed by atoms with Crippen LogP contribution in [0.2, 0.25) is 0 Å². The van der Waals surface area contributed by atoms with Crippen molar-refractivity contribution >= 4 is 0 Å². The van der Waals surface area contributed by atoms with Crippen molar-refractivity contribution in [1.82, 2.24) is 14.8 Å². The molecule has 1 aliphatic rings. The predicted molar refractivity (Wildman–Crippen MR) is 80.6 cm³/mol. The molecule has 2 heterocycles. The molecular weight excluding hydrogens is 267 g/mol. The zero-order chi connectivity index (χ0) is 15.2. The summed E-state index contributed by atoms with van der Waals surface area (Å²) < 4.78 is 15.6. The fourth-order valence-corrected chi connectivity index (χ4v) is 2.76. The monoisotopic (exact) mass is 288 g/mol. The highest BCUT2D eigenvalue weighted by atomic mass is 19.1. The second-order valence-corrected chi connectivity index (χ2v) is 6.76. The fraction of sp³-hybridized carbons (Fsp3) is 0.500.